The predicted molar refractivity (Wildman–Crippen MR) is 102 cm³/mol. The number of ether oxygens (including phenoxy) is 2. The monoisotopic (exact) mass is 394 g/mol. The Morgan fingerprint density at radius 2 is 2.00 bits per heavy atom. The Hall–Kier alpha value is -2.09. The molecule has 0 saturated carbocycles. The largest absolute Gasteiger partial charge is 0.493 e. The summed E-state index contributed by atoms with van der Waals surface area (Å²) in [5, 5.41) is 5.26. The normalized spacial score (nSPS) is 10.5. The number of anilines is 1. The van der Waals surface area contributed by atoms with Gasteiger partial charge in [0.25, 0.3) is 0 Å². The number of hydrogen-bond donors (Lipinski definition) is 1. The molecule has 130 valence electrons. The van der Waals surface area contributed by atoms with Crippen molar-refractivity contribution in [2.45, 2.75) is 6.42 Å². The summed E-state index contributed by atoms with van der Waals surface area (Å²) in [6.07, 6.45) is 0.280. The molecule has 1 N–H and O–H groups in total. The van der Waals surface area contributed by atoms with Crippen LogP contribution in [-0.4, -0.2) is 25.1 Å². The van der Waals surface area contributed by atoms with Crippen LogP contribution in [-0.2, 0) is 11.2 Å². The number of thiophene rings is 1. The second-order valence-electron chi connectivity index (χ2n) is 5.04. The maximum absolute atomic E-state index is 12.1. The Bertz CT molecular complexity index is 892. The molecule has 3 rings (SSSR count). The third-order valence-electron chi connectivity index (χ3n) is 3.39. The van der Waals surface area contributed by atoms with E-state index < -0.39 is 0 Å². The number of rotatable bonds is 6. The predicted octanol–water partition coefficient (Wildman–Crippen LogP) is 4.72. The van der Waals surface area contributed by atoms with Crippen LogP contribution in [0.15, 0.2) is 35.7 Å². The zero-order valence-corrected chi connectivity index (χ0v) is 15.9. The van der Waals surface area contributed by atoms with Gasteiger partial charge in [-0.3, -0.25) is 4.79 Å². The number of benzene rings is 1. The molecule has 2 heterocycles. The molecule has 0 aliphatic rings. The molecule has 8 heteroatoms. The third-order valence-corrected chi connectivity index (χ3v) is 5.38. The molecule has 5 nitrogen and oxygen atoms in total. The molecule has 0 atom stereocenters. The van der Waals surface area contributed by atoms with Crippen LogP contribution in [0.25, 0.3) is 11.3 Å². The summed E-state index contributed by atoms with van der Waals surface area (Å²) in [6, 6.07) is 9.21. The third kappa shape index (κ3) is 4.31. The molecular formula is C17H15ClN2O3S2. The van der Waals surface area contributed by atoms with E-state index >= 15 is 0 Å². The minimum Gasteiger partial charge on any atom is -0.493 e. The highest BCUT2D eigenvalue weighted by atomic mass is 35.5. The van der Waals surface area contributed by atoms with Gasteiger partial charge in [0.2, 0.25) is 5.91 Å². The number of hydrogen-bond acceptors (Lipinski definition) is 6. The van der Waals surface area contributed by atoms with Crippen LogP contribution in [0.3, 0.4) is 0 Å². The lowest BCUT2D eigenvalue weighted by molar-refractivity contribution is -0.115. The van der Waals surface area contributed by atoms with E-state index in [1.54, 1.807) is 20.3 Å². The van der Waals surface area contributed by atoms with E-state index in [1.807, 2.05) is 29.6 Å². The van der Waals surface area contributed by atoms with E-state index in [2.05, 4.69) is 10.3 Å². The zero-order chi connectivity index (χ0) is 17.8. The smallest absolute Gasteiger partial charge is 0.231 e. The van der Waals surface area contributed by atoms with Crippen LogP contribution in [0, 0.1) is 0 Å². The first-order valence-corrected chi connectivity index (χ1v) is 9.38. The van der Waals surface area contributed by atoms with E-state index in [4.69, 9.17) is 21.1 Å². The molecule has 1 aromatic carbocycles. The van der Waals surface area contributed by atoms with Gasteiger partial charge in [-0.1, -0.05) is 11.6 Å². The number of nitrogens with zero attached hydrogens (tertiary/aromatic N) is 1. The first kappa shape index (κ1) is 17.7. The second-order valence-corrected chi connectivity index (χ2v) is 7.70. The van der Waals surface area contributed by atoms with Crippen LogP contribution in [0.1, 0.15) is 4.88 Å². The van der Waals surface area contributed by atoms with Gasteiger partial charge in [0.1, 0.15) is 0 Å². The van der Waals surface area contributed by atoms with Crippen LogP contribution in [0.2, 0.25) is 4.34 Å². The topological polar surface area (TPSA) is 60.5 Å². The quantitative estimate of drug-likeness (QED) is 0.656. The van der Waals surface area contributed by atoms with Gasteiger partial charge in [0.05, 0.1) is 30.7 Å². The van der Waals surface area contributed by atoms with E-state index in [0.29, 0.717) is 21.0 Å². The molecule has 0 saturated heterocycles. The van der Waals surface area contributed by atoms with Crippen LogP contribution < -0.4 is 14.8 Å². The van der Waals surface area contributed by atoms with E-state index in [-0.39, 0.29) is 12.3 Å². The molecule has 2 aromatic heterocycles. The molecule has 0 unspecified atom stereocenters. The van der Waals surface area contributed by atoms with Gasteiger partial charge in [0, 0.05) is 15.8 Å². The van der Waals surface area contributed by atoms with Crippen molar-refractivity contribution in [1.29, 1.82) is 0 Å². The van der Waals surface area contributed by atoms with Gasteiger partial charge in [0.15, 0.2) is 16.6 Å². The summed E-state index contributed by atoms with van der Waals surface area (Å²) in [5.74, 6) is 1.17. The standard InChI is InChI=1S/C17H15ClN2O3S2/c1-22-13-5-3-10(7-14(13)23-2)12-9-24-17(19-12)20-16(21)8-11-4-6-15(18)25-11/h3-7,9H,8H2,1-2H3,(H,19,20,21). The van der Waals surface area contributed by atoms with Crippen LogP contribution in [0.5, 0.6) is 11.5 Å². The fraction of sp³-hybridized carbons (Fsp3) is 0.176. The number of methoxy groups -OCH3 is 2. The van der Waals surface area contributed by atoms with Gasteiger partial charge < -0.3 is 14.8 Å². The molecule has 3 aromatic rings. The van der Waals surface area contributed by atoms with Gasteiger partial charge in [-0.25, -0.2) is 4.98 Å². The van der Waals surface area contributed by atoms with Gasteiger partial charge in [-0.05, 0) is 30.3 Å². The van der Waals surface area contributed by atoms with E-state index in [0.717, 1.165) is 16.1 Å². The van der Waals surface area contributed by atoms with Crippen molar-refractivity contribution in [2.75, 3.05) is 19.5 Å². The minimum atomic E-state index is -0.119. The van der Waals surface area contributed by atoms with Crippen molar-refractivity contribution < 1.29 is 14.3 Å². The number of carbonyl (C=O) groups is 1. The first-order valence-electron chi connectivity index (χ1n) is 7.31. The average molecular weight is 395 g/mol. The highest BCUT2D eigenvalue weighted by Gasteiger charge is 2.12. The lowest BCUT2D eigenvalue weighted by atomic mass is 10.1. The number of amides is 1. The summed E-state index contributed by atoms with van der Waals surface area (Å²) in [7, 11) is 3.18. The number of thiazole rings is 1. The highest BCUT2D eigenvalue weighted by molar-refractivity contribution is 7.16. The summed E-state index contributed by atoms with van der Waals surface area (Å²) < 4.78 is 11.2. The Morgan fingerprint density at radius 1 is 1.20 bits per heavy atom. The Balaban J connectivity index is 1.70. The maximum atomic E-state index is 12.1. The maximum Gasteiger partial charge on any atom is 0.231 e. The summed E-state index contributed by atoms with van der Waals surface area (Å²) in [6.45, 7) is 0. The van der Waals surface area contributed by atoms with Gasteiger partial charge >= 0.3 is 0 Å². The first-order chi connectivity index (χ1) is 12.1. The van der Waals surface area contributed by atoms with Crippen molar-refractivity contribution in [2.24, 2.45) is 0 Å². The summed E-state index contributed by atoms with van der Waals surface area (Å²) in [4.78, 5) is 17.5. The minimum absolute atomic E-state index is 0.119. The van der Waals surface area contributed by atoms with Gasteiger partial charge in [-0.15, -0.1) is 22.7 Å². The lowest BCUT2D eigenvalue weighted by Gasteiger charge is -2.08. The van der Waals surface area contributed by atoms with E-state index in [9.17, 15) is 4.79 Å². The number of aromatic nitrogens is 1. The van der Waals surface area contributed by atoms with Gasteiger partial charge in [-0.2, -0.15) is 0 Å². The number of halogens is 1. The summed E-state index contributed by atoms with van der Waals surface area (Å²) in [5.41, 5.74) is 1.65. The lowest BCUT2D eigenvalue weighted by Crippen LogP contribution is -2.13. The molecule has 0 aliphatic carbocycles. The Morgan fingerprint density at radius 3 is 2.68 bits per heavy atom. The fourth-order valence-electron chi connectivity index (χ4n) is 2.23. The molecular weight excluding hydrogens is 380 g/mol. The average Bonchev–Trinajstić information content (AvgIpc) is 3.23. The molecule has 0 fully saturated rings. The fourth-order valence-corrected chi connectivity index (χ4v) is 4.05. The molecule has 0 radical (unpaired) electrons. The van der Waals surface area contributed by atoms with Crippen LogP contribution in [0.4, 0.5) is 5.13 Å². The molecule has 1 amide bonds. The van der Waals surface area contributed by atoms with Crippen molar-refractivity contribution in [3.8, 4) is 22.8 Å². The van der Waals surface area contributed by atoms with Crippen molar-refractivity contribution in [3.63, 3.8) is 0 Å². The zero-order valence-electron chi connectivity index (χ0n) is 13.5. The number of nitrogens with one attached hydrogen (secondary N) is 1. The molecule has 0 spiro atoms. The molecule has 0 bridgehead atoms. The molecule has 0 aliphatic heterocycles. The second kappa shape index (κ2) is 7.86. The van der Waals surface area contributed by atoms with Crippen LogP contribution >= 0.6 is 34.3 Å². The molecule has 25 heavy (non-hydrogen) atoms. The number of carbonyl (C=O) groups excluding carboxylic acids is 1. The SMILES string of the molecule is COc1ccc(-c2csc(NC(=O)Cc3ccc(Cl)s3)n2)cc1OC. The Labute approximate surface area is 158 Å². The Kier molecular flexibility index (Phi) is 5.57. The van der Waals surface area contributed by atoms with Crippen molar-refractivity contribution in [1.82, 2.24) is 4.98 Å². The summed E-state index contributed by atoms with van der Waals surface area (Å²) >= 11 is 8.65. The van der Waals surface area contributed by atoms with Crippen molar-refractivity contribution in [3.05, 3.63) is 44.9 Å². The van der Waals surface area contributed by atoms with E-state index in [1.165, 1.54) is 22.7 Å². The highest BCUT2D eigenvalue weighted by Crippen LogP contribution is 2.33. The van der Waals surface area contributed by atoms with Crippen molar-refractivity contribution >= 4 is 45.3 Å².